The molecule has 0 radical (unpaired) electrons. The second kappa shape index (κ2) is 6.50. The van der Waals surface area contributed by atoms with Gasteiger partial charge in [0, 0.05) is 5.56 Å². The Labute approximate surface area is 135 Å². The normalized spacial score (nSPS) is 11.5. The van der Waals surface area contributed by atoms with Gasteiger partial charge in [-0.25, -0.2) is 8.42 Å². The fourth-order valence-corrected chi connectivity index (χ4v) is 3.07. The molecule has 0 saturated heterocycles. The number of hydrogen-bond acceptors (Lipinski definition) is 3. The highest BCUT2D eigenvalue weighted by atomic mass is 35.5. The van der Waals surface area contributed by atoms with Gasteiger partial charge in [0.1, 0.15) is 0 Å². The highest BCUT2D eigenvalue weighted by molar-refractivity contribution is 7.92. The largest absolute Gasteiger partial charge is 0.321 e. The van der Waals surface area contributed by atoms with Gasteiger partial charge in [-0.1, -0.05) is 23.7 Å². The number of benzene rings is 2. The Bertz CT molecular complexity index is 783. The number of amides is 1. The van der Waals surface area contributed by atoms with Crippen LogP contribution in [-0.4, -0.2) is 19.6 Å². The predicted molar refractivity (Wildman–Crippen MR) is 88.2 cm³/mol. The van der Waals surface area contributed by atoms with Crippen molar-refractivity contribution in [2.24, 2.45) is 0 Å². The Morgan fingerprint density at radius 3 is 2.18 bits per heavy atom. The third-order valence-corrected chi connectivity index (χ3v) is 5.69. The number of para-hydroxylation sites is 1. The van der Waals surface area contributed by atoms with E-state index in [1.165, 1.54) is 24.3 Å². The Hall–Kier alpha value is -1.85. The first-order chi connectivity index (χ1) is 10.3. The zero-order valence-corrected chi connectivity index (χ0v) is 13.8. The minimum atomic E-state index is -3.34. The number of carbonyl (C=O) groups is 1. The SMILES string of the molecule is CC(C)S(=O)(=O)c1ccc(C(=O)Nc2ccccc2Cl)cc1. The van der Waals surface area contributed by atoms with Gasteiger partial charge in [0.2, 0.25) is 0 Å². The highest BCUT2D eigenvalue weighted by Crippen LogP contribution is 2.22. The average molecular weight is 338 g/mol. The van der Waals surface area contributed by atoms with Crippen LogP contribution in [0.25, 0.3) is 0 Å². The van der Waals surface area contributed by atoms with Crippen LogP contribution >= 0.6 is 11.6 Å². The van der Waals surface area contributed by atoms with Gasteiger partial charge in [-0.2, -0.15) is 0 Å². The van der Waals surface area contributed by atoms with Gasteiger partial charge >= 0.3 is 0 Å². The number of carbonyl (C=O) groups excluding carboxylic acids is 1. The number of sulfone groups is 1. The Kier molecular flexibility index (Phi) is 4.88. The Morgan fingerprint density at radius 1 is 1.05 bits per heavy atom. The lowest BCUT2D eigenvalue weighted by Gasteiger charge is -2.09. The van der Waals surface area contributed by atoms with Gasteiger partial charge in [-0.3, -0.25) is 4.79 Å². The van der Waals surface area contributed by atoms with Gasteiger partial charge in [0.05, 0.1) is 20.9 Å². The minimum Gasteiger partial charge on any atom is -0.321 e. The first-order valence-electron chi connectivity index (χ1n) is 6.72. The maximum atomic E-state index is 12.1. The summed E-state index contributed by atoms with van der Waals surface area (Å²) in [6.45, 7) is 3.24. The molecule has 116 valence electrons. The molecule has 0 atom stereocenters. The van der Waals surface area contributed by atoms with E-state index in [-0.39, 0.29) is 10.8 Å². The van der Waals surface area contributed by atoms with Crippen LogP contribution in [0.3, 0.4) is 0 Å². The van der Waals surface area contributed by atoms with E-state index in [1.807, 2.05) is 0 Å². The van der Waals surface area contributed by atoms with Crippen molar-refractivity contribution in [3.63, 3.8) is 0 Å². The number of anilines is 1. The van der Waals surface area contributed by atoms with E-state index in [1.54, 1.807) is 38.1 Å². The zero-order valence-electron chi connectivity index (χ0n) is 12.2. The third-order valence-electron chi connectivity index (χ3n) is 3.19. The van der Waals surface area contributed by atoms with Gasteiger partial charge in [-0.15, -0.1) is 0 Å². The quantitative estimate of drug-likeness (QED) is 0.923. The molecule has 0 bridgehead atoms. The summed E-state index contributed by atoms with van der Waals surface area (Å²) in [6.07, 6.45) is 0. The van der Waals surface area contributed by atoms with Crippen molar-refractivity contribution in [2.45, 2.75) is 24.0 Å². The molecule has 0 heterocycles. The molecule has 1 N–H and O–H groups in total. The Morgan fingerprint density at radius 2 is 1.64 bits per heavy atom. The van der Waals surface area contributed by atoms with Crippen LogP contribution in [0.15, 0.2) is 53.4 Å². The molecule has 0 aliphatic heterocycles. The van der Waals surface area contributed by atoms with Crippen molar-refractivity contribution < 1.29 is 13.2 Å². The second-order valence-corrected chi connectivity index (χ2v) is 7.96. The van der Waals surface area contributed by atoms with Gasteiger partial charge in [-0.05, 0) is 50.2 Å². The summed E-state index contributed by atoms with van der Waals surface area (Å²) in [7, 11) is -3.34. The molecule has 22 heavy (non-hydrogen) atoms. The van der Waals surface area contributed by atoms with E-state index in [0.717, 1.165) is 0 Å². The van der Waals surface area contributed by atoms with E-state index in [9.17, 15) is 13.2 Å². The third kappa shape index (κ3) is 3.48. The lowest BCUT2D eigenvalue weighted by Crippen LogP contribution is -2.15. The molecule has 0 aliphatic rings. The molecule has 2 rings (SSSR count). The number of hydrogen-bond donors (Lipinski definition) is 1. The molecule has 0 aromatic heterocycles. The summed E-state index contributed by atoms with van der Waals surface area (Å²) >= 11 is 5.98. The van der Waals surface area contributed by atoms with Crippen LogP contribution in [-0.2, 0) is 9.84 Å². The van der Waals surface area contributed by atoms with Crippen molar-refractivity contribution in [1.29, 1.82) is 0 Å². The molecular weight excluding hydrogens is 322 g/mol. The van der Waals surface area contributed by atoms with E-state index in [0.29, 0.717) is 16.3 Å². The molecule has 4 nitrogen and oxygen atoms in total. The summed E-state index contributed by atoms with van der Waals surface area (Å²) in [5, 5.41) is 2.62. The fraction of sp³-hybridized carbons (Fsp3) is 0.188. The van der Waals surface area contributed by atoms with E-state index < -0.39 is 15.1 Å². The van der Waals surface area contributed by atoms with Crippen molar-refractivity contribution in [1.82, 2.24) is 0 Å². The summed E-state index contributed by atoms with van der Waals surface area (Å²) in [5.74, 6) is -0.346. The van der Waals surface area contributed by atoms with Gasteiger partial charge in [0.25, 0.3) is 5.91 Å². The minimum absolute atomic E-state index is 0.205. The lowest BCUT2D eigenvalue weighted by atomic mass is 10.2. The van der Waals surface area contributed by atoms with E-state index in [2.05, 4.69) is 5.32 Å². The summed E-state index contributed by atoms with van der Waals surface area (Å²) in [4.78, 5) is 12.3. The summed E-state index contributed by atoms with van der Waals surface area (Å²) in [6, 6.07) is 12.8. The number of halogens is 1. The van der Waals surface area contributed by atoms with Crippen LogP contribution in [0.5, 0.6) is 0 Å². The molecule has 2 aromatic rings. The Balaban J connectivity index is 2.21. The van der Waals surface area contributed by atoms with Gasteiger partial charge in [0.15, 0.2) is 9.84 Å². The average Bonchev–Trinajstić information content (AvgIpc) is 2.49. The molecule has 1 amide bonds. The predicted octanol–water partition coefficient (Wildman–Crippen LogP) is 3.77. The molecule has 0 unspecified atom stereocenters. The zero-order chi connectivity index (χ0) is 16.3. The topological polar surface area (TPSA) is 63.2 Å². The molecule has 2 aromatic carbocycles. The lowest BCUT2D eigenvalue weighted by molar-refractivity contribution is 0.102. The van der Waals surface area contributed by atoms with Crippen molar-refractivity contribution in [3.05, 3.63) is 59.1 Å². The fourth-order valence-electron chi connectivity index (χ4n) is 1.83. The van der Waals surface area contributed by atoms with Crippen molar-refractivity contribution >= 4 is 33.0 Å². The maximum Gasteiger partial charge on any atom is 0.255 e. The van der Waals surface area contributed by atoms with Crippen molar-refractivity contribution in [2.75, 3.05) is 5.32 Å². The number of nitrogens with one attached hydrogen (secondary N) is 1. The highest BCUT2D eigenvalue weighted by Gasteiger charge is 2.19. The first-order valence-corrected chi connectivity index (χ1v) is 8.64. The first kappa shape index (κ1) is 16.5. The van der Waals surface area contributed by atoms with Crippen LogP contribution < -0.4 is 5.32 Å². The van der Waals surface area contributed by atoms with Gasteiger partial charge < -0.3 is 5.32 Å². The molecule has 0 saturated carbocycles. The van der Waals surface area contributed by atoms with E-state index in [4.69, 9.17) is 11.6 Å². The smallest absolute Gasteiger partial charge is 0.255 e. The molecule has 0 aliphatic carbocycles. The number of rotatable bonds is 4. The monoisotopic (exact) mass is 337 g/mol. The maximum absolute atomic E-state index is 12.1. The molecule has 6 heteroatoms. The molecular formula is C16H16ClNO3S. The standard InChI is InChI=1S/C16H16ClNO3S/c1-11(2)22(20,21)13-9-7-12(8-10-13)16(19)18-15-6-4-3-5-14(15)17/h3-11H,1-2H3,(H,18,19). The van der Waals surface area contributed by atoms with Crippen LogP contribution in [0.1, 0.15) is 24.2 Å². The molecule has 0 spiro atoms. The second-order valence-electron chi connectivity index (χ2n) is 5.05. The molecule has 0 fully saturated rings. The van der Waals surface area contributed by atoms with Crippen LogP contribution in [0.4, 0.5) is 5.69 Å². The summed E-state index contributed by atoms with van der Waals surface area (Å²) < 4.78 is 24.1. The summed E-state index contributed by atoms with van der Waals surface area (Å²) in [5.41, 5.74) is 0.871. The van der Waals surface area contributed by atoms with Crippen molar-refractivity contribution in [3.8, 4) is 0 Å². The van der Waals surface area contributed by atoms with Crippen LogP contribution in [0.2, 0.25) is 5.02 Å². The van der Waals surface area contributed by atoms with E-state index >= 15 is 0 Å². The van der Waals surface area contributed by atoms with Crippen LogP contribution in [0, 0.1) is 0 Å².